The number of hydrogen-bond donors (Lipinski definition) is 1. The fourth-order valence-corrected chi connectivity index (χ4v) is 3.37. The van der Waals surface area contributed by atoms with Crippen LogP contribution in [0.5, 0.6) is 0 Å². The van der Waals surface area contributed by atoms with Crippen molar-refractivity contribution in [2.24, 2.45) is 0 Å². The Bertz CT molecular complexity index is 574. The highest BCUT2D eigenvalue weighted by atomic mass is 32.2. The molecular formula is C15H18N2O3S. The third-order valence-corrected chi connectivity index (χ3v) is 4.97. The van der Waals surface area contributed by atoms with Gasteiger partial charge in [-0.3, -0.25) is 9.78 Å². The molecule has 5 nitrogen and oxygen atoms in total. The molecule has 1 N–H and O–H groups in total. The van der Waals surface area contributed by atoms with Gasteiger partial charge >= 0.3 is 5.97 Å². The first-order chi connectivity index (χ1) is 10.0. The third kappa shape index (κ3) is 3.64. The number of carboxylic acid groups (broad SMARTS) is 1. The second kappa shape index (κ2) is 6.76. The molecule has 1 fully saturated rings. The Labute approximate surface area is 128 Å². The molecule has 1 aromatic heterocycles. The average molecular weight is 306 g/mol. The first-order valence-corrected chi connectivity index (χ1v) is 7.83. The Balaban J connectivity index is 2.28. The van der Waals surface area contributed by atoms with Gasteiger partial charge in [-0.05, 0) is 19.1 Å². The van der Waals surface area contributed by atoms with Gasteiger partial charge in [-0.1, -0.05) is 6.92 Å². The second-order valence-electron chi connectivity index (χ2n) is 4.95. The molecule has 2 unspecified atom stereocenters. The molecular weight excluding hydrogens is 288 g/mol. The van der Waals surface area contributed by atoms with Crippen LogP contribution in [0.25, 0.3) is 6.08 Å². The van der Waals surface area contributed by atoms with E-state index in [-0.39, 0.29) is 11.9 Å². The number of amides is 1. The lowest BCUT2D eigenvalue weighted by molar-refractivity contribution is -0.131. The molecule has 0 saturated carbocycles. The smallest absolute Gasteiger partial charge is 0.328 e. The third-order valence-electron chi connectivity index (χ3n) is 3.63. The number of aromatic nitrogens is 1. The minimum atomic E-state index is -1.05. The second-order valence-corrected chi connectivity index (χ2v) is 6.43. The van der Waals surface area contributed by atoms with Crippen molar-refractivity contribution in [2.45, 2.75) is 25.1 Å². The molecule has 0 bridgehead atoms. The van der Waals surface area contributed by atoms with Crippen LogP contribution in [0, 0.1) is 0 Å². The van der Waals surface area contributed by atoms with Gasteiger partial charge < -0.3 is 10.0 Å². The van der Waals surface area contributed by atoms with E-state index in [1.165, 1.54) is 12.3 Å². The molecule has 1 amide bonds. The van der Waals surface area contributed by atoms with Gasteiger partial charge in [0.25, 0.3) is 5.91 Å². The molecule has 112 valence electrons. The molecule has 21 heavy (non-hydrogen) atoms. The highest BCUT2D eigenvalue weighted by Crippen LogP contribution is 2.26. The first-order valence-electron chi connectivity index (χ1n) is 6.78. The number of carboxylic acids is 1. The van der Waals surface area contributed by atoms with Crippen molar-refractivity contribution in [3.8, 4) is 0 Å². The van der Waals surface area contributed by atoms with Gasteiger partial charge in [-0.2, -0.15) is 11.8 Å². The zero-order chi connectivity index (χ0) is 15.4. The summed E-state index contributed by atoms with van der Waals surface area (Å²) in [6, 6.07) is 1.80. The Morgan fingerprint density at radius 2 is 2.24 bits per heavy atom. The number of aliphatic carboxylic acids is 1. The molecule has 1 saturated heterocycles. The summed E-state index contributed by atoms with van der Waals surface area (Å²) in [5, 5.41) is 9.12. The summed E-state index contributed by atoms with van der Waals surface area (Å²) >= 11 is 1.86. The molecule has 0 radical (unpaired) electrons. The van der Waals surface area contributed by atoms with Crippen LogP contribution in [0.15, 0.2) is 24.5 Å². The van der Waals surface area contributed by atoms with Crippen LogP contribution in [0.3, 0.4) is 0 Å². The van der Waals surface area contributed by atoms with E-state index in [0.29, 0.717) is 22.9 Å². The van der Waals surface area contributed by atoms with Crippen LogP contribution in [0.2, 0.25) is 0 Å². The number of hydrogen-bond acceptors (Lipinski definition) is 4. The van der Waals surface area contributed by atoms with Crippen molar-refractivity contribution in [1.29, 1.82) is 0 Å². The van der Waals surface area contributed by atoms with Crippen molar-refractivity contribution >= 4 is 29.7 Å². The number of pyridine rings is 1. The molecule has 2 atom stereocenters. The van der Waals surface area contributed by atoms with E-state index in [1.54, 1.807) is 12.3 Å². The molecule has 1 aliphatic heterocycles. The highest BCUT2D eigenvalue weighted by molar-refractivity contribution is 8.00. The molecule has 2 rings (SSSR count). The molecule has 6 heteroatoms. The van der Waals surface area contributed by atoms with Gasteiger partial charge in [0.1, 0.15) is 0 Å². The lowest BCUT2D eigenvalue weighted by atomic mass is 10.1. The molecule has 0 aromatic carbocycles. The summed E-state index contributed by atoms with van der Waals surface area (Å²) < 4.78 is 0. The maximum absolute atomic E-state index is 12.7. The van der Waals surface area contributed by atoms with Crippen molar-refractivity contribution in [2.75, 3.05) is 12.3 Å². The summed E-state index contributed by atoms with van der Waals surface area (Å²) in [6.07, 6.45) is 5.50. The quantitative estimate of drug-likeness (QED) is 0.866. The van der Waals surface area contributed by atoms with Crippen LogP contribution in [-0.2, 0) is 4.79 Å². The fraction of sp³-hybridized carbons (Fsp3) is 0.400. The monoisotopic (exact) mass is 306 g/mol. The van der Waals surface area contributed by atoms with Crippen molar-refractivity contribution in [1.82, 2.24) is 9.88 Å². The maximum Gasteiger partial charge on any atom is 0.328 e. The Kier molecular flexibility index (Phi) is 5.01. The van der Waals surface area contributed by atoms with E-state index in [9.17, 15) is 9.59 Å². The Morgan fingerprint density at radius 3 is 2.95 bits per heavy atom. The molecule has 2 heterocycles. The zero-order valence-electron chi connectivity index (χ0n) is 12.0. The largest absolute Gasteiger partial charge is 0.478 e. The molecule has 0 aliphatic carbocycles. The van der Waals surface area contributed by atoms with Crippen LogP contribution in [0.4, 0.5) is 0 Å². The van der Waals surface area contributed by atoms with Crippen molar-refractivity contribution in [3.63, 3.8) is 0 Å². The zero-order valence-corrected chi connectivity index (χ0v) is 12.8. The topological polar surface area (TPSA) is 70.5 Å². The van der Waals surface area contributed by atoms with E-state index in [4.69, 9.17) is 5.11 Å². The normalized spacial score (nSPS) is 22.5. The van der Waals surface area contributed by atoms with Gasteiger partial charge in [0.2, 0.25) is 0 Å². The van der Waals surface area contributed by atoms with Gasteiger partial charge in [-0.15, -0.1) is 0 Å². The van der Waals surface area contributed by atoms with E-state index >= 15 is 0 Å². The van der Waals surface area contributed by atoms with E-state index < -0.39 is 5.97 Å². The van der Waals surface area contributed by atoms with Crippen LogP contribution in [-0.4, -0.2) is 50.5 Å². The highest BCUT2D eigenvalue weighted by Gasteiger charge is 2.30. The lowest BCUT2D eigenvalue weighted by Crippen LogP contribution is -2.48. The van der Waals surface area contributed by atoms with Gasteiger partial charge in [0.05, 0.1) is 0 Å². The van der Waals surface area contributed by atoms with E-state index in [0.717, 1.165) is 11.8 Å². The predicted octanol–water partition coefficient (Wildman–Crippen LogP) is 2.15. The maximum atomic E-state index is 12.7. The van der Waals surface area contributed by atoms with E-state index in [2.05, 4.69) is 11.9 Å². The minimum Gasteiger partial charge on any atom is -0.478 e. The number of thioether (sulfide) groups is 1. The SMILES string of the molecule is CC1SCCN(C(=O)c2ccncc2/C=C/C(=O)O)C1C. The Morgan fingerprint density at radius 1 is 1.48 bits per heavy atom. The number of carbonyl (C=O) groups excluding carboxylic acids is 1. The molecule has 0 spiro atoms. The molecule has 1 aliphatic rings. The van der Waals surface area contributed by atoms with Crippen molar-refractivity contribution in [3.05, 3.63) is 35.7 Å². The summed E-state index contributed by atoms with van der Waals surface area (Å²) in [5.74, 6) is -0.196. The van der Waals surface area contributed by atoms with Crippen LogP contribution in [0.1, 0.15) is 29.8 Å². The summed E-state index contributed by atoms with van der Waals surface area (Å²) in [5.41, 5.74) is 1.02. The van der Waals surface area contributed by atoms with E-state index in [1.807, 2.05) is 23.6 Å². The van der Waals surface area contributed by atoms with Gasteiger partial charge in [0.15, 0.2) is 0 Å². The van der Waals surface area contributed by atoms with Crippen molar-refractivity contribution < 1.29 is 14.7 Å². The predicted molar refractivity (Wildman–Crippen MR) is 83.3 cm³/mol. The number of carbonyl (C=O) groups is 2. The van der Waals surface area contributed by atoms with Gasteiger partial charge in [-0.25, -0.2) is 4.79 Å². The standard InChI is InChI=1S/C15H18N2O3S/c1-10-11(2)21-8-7-17(10)15(20)13-5-6-16-9-12(13)3-4-14(18)19/h3-6,9-11H,7-8H2,1-2H3,(H,18,19)/b4-3+. The number of rotatable bonds is 3. The lowest BCUT2D eigenvalue weighted by Gasteiger charge is -2.37. The van der Waals surface area contributed by atoms with Crippen LogP contribution < -0.4 is 0 Å². The minimum absolute atomic E-state index is 0.0675. The van der Waals surface area contributed by atoms with Gasteiger partial charge in [0, 0.05) is 53.2 Å². The first kappa shape index (κ1) is 15.6. The summed E-state index contributed by atoms with van der Waals surface area (Å²) in [7, 11) is 0. The number of nitrogens with zero attached hydrogens (tertiary/aromatic N) is 2. The van der Waals surface area contributed by atoms with Crippen LogP contribution >= 0.6 is 11.8 Å². The Hall–Kier alpha value is -1.82. The summed E-state index contributed by atoms with van der Waals surface area (Å²) in [4.78, 5) is 29.2. The fourth-order valence-electron chi connectivity index (χ4n) is 2.27. The summed E-state index contributed by atoms with van der Waals surface area (Å²) in [6.45, 7) is 4.87. The molecule has 1 aromatic rings. The average Bonchev–Trinajstić information content (AvgIpc) is 2.47.